The van der Waals surface area contributed by atoms with Gasteiger partial charge in [0.05, 0.1) is 19.4 Å². The van der Waals surface area contributed by atoms with E-state index in [1.54, 1.807) is 0 Å². The SMILES string of the molecule is C(=C\N1CCN(CCOC(c2ccccc2)c2ccccc2)CC1)/Cc1ccccc1.O=C(O)CC(O)(CC(=O)O)C(=O)O. The highest BCUT2D eigenvalue weighted by Crippen LogP contribution is 2.25. The number of carboxylic acid groups (broad SMARTS) is 3. The Labute approximate surface area is 257 Å². The van der Waals surface area contributed by atoms with E-state index in [1.165, 1.54) is 16.7 Å². The monoisotopic (exact) mass is 604 g/mol. The lowest BCUT2D eigenvalue weighted by Crippen LogP contribution is -2.45. The molecule has 4 rings (SSSR count). The summed E-state index contributed by atoms with van der Waals surface area (Å²) in [5, 5.41) is 33.8. The second-order valence-corrected chi connectivity index (χ2v) is 10.5. The number of aliphatic carboxylic acids is 3. The molecule has 0 aliphatic carbocycles. The van der Waals surface area contributed by atoms with Crippen molar-refractivity contribution in [1.29, 1.82) is 0 Å². The molecule has 44 heavy (non-hydrogen) atoms. The Morgan fingerprint density at radius 3 is 1.68 bits per heavy atom. The summed E-state index contributed by atoms with van der Waals surface area (Å²) in [4.78, 5) is 35.4. The number of aliphatic hydroxyl groups is 1. The molecule has 3 aromatic rings. The van der Waals surface area contributed by atoms with Crippen LogP contribution in [0.25, 0.3) is 0 Å². The first-order valence-electron chi connectivity index (χ1n) is 14.4. The Hall–Kier alpha value is -4.51. The van der Waals surface area contributed by atoms with Crippen molar-refractivity contribution < 1.29 is 39.5 Å². The van der Waals surface area contributed by atoms with Gasteiger partial charge in [0.15, 0.2) is 5.60 Å². The predicted molar refractivity (Wildman–Crippen MR) is 165 cm³/mol. The van der Waals surface area contributed by atoms with E-state index in [0.29, 0.717) is 0 Å². The maximum Gasteiger partial charge on any atom is 0.336 e. The number of ether oxygens (including phenoxy) is 1. The van der Waals surface area contributed by atoms with Gasteiger partial charge < -0.3 is 30.1 Å². The summed E-state index contributed by atoms with van der Waals surface area (Å²) >= 11 is 0. The quantitative estimate of drug-likeness (QED) is 0.213. The van der Waals surface area contributed by atoms with Crippen molar-refractivity contribution in [3.63, 3.8) is 0 Å². The lowest BCUT2D eigenvalue weighted by molar-refractivity contribution is -0.170. The Kier molecular flexibility index (Phi) is 13.6. The van der Waals surface area contributed by atoms with Crippen LogP contribution in [0.1, 0.15) is 35.6 Å². The molecule has 0 saturated carbocycles. The summed E-state index contributed by atoms with van der Waals surface area (Å²) in [6, 6.07) is 31.7. The molecule has 0 aromatic heterocycles. The van der Waals surface area contributed by atoms with Crippen molar-refractivity contribution in [2.75, 3.05) is 39.3 Å². The Morgan fingerprint density at radius 1 is 0.750 bits per heavy atom. The minimum Gasteiger partial charge on any atom is -0.481 e. The number of benzene rings is 3. The van der Waals surface area contributed by atoms with Crippen LogP contribution in [-0.4, -0.2) is 93.1 Å². The maximum atomic E-state index is 10.3. The summed E-state index contributed by atoms with van der Waals surface area (Å²) in [7, 11) is 0. The predicted octanol–water partition coefficient (Wildman–Crippen LogP) is 3.92. The maximum absolute atomic E-state index is 10.3. The number of rotatable bonds is 14. The standard InChI is InChI=1S/C28H32N2O.C6H8O7/c1-4-11-25(12-5-1)13-10-18-29-19-21-30(22-20-29)23-24-31-28(26-14-6-2-7-15-26)27-16-8-3-9-17-27;7-3(8)1-6(13,5(11)12)2-4(9)10/h1-12,14-18,28H,13,19-24H2;13H,1-2H2,(H,7,8)(H,9,10)(H,11,12)/b18-10+;. The molecule has 4 N–H and O–H groups in total. The van der Waals surface area contributed by atoms with E-state index in [1.807, 2.05) is 0 Å². The molecule has 0 spiro atoms. The molecule has 1 fully saturated rings. The van der Waals surface area contributed by atoms with Crippen molar-refractivity contribution >= 4 is 17.9 Å². The second-order valence-electron chi connectivity index (χ2n) is 10.5. The van der Waals surface area contributed by atoms with E-state index in [0.717, 1.165) is 45.8 Å². The van der Waals surface area contributed by atoms with E-state index in [9.17, 15) is 14.4 Å². The van der Waals surface area contributed by atoms with Gasteiger partial charge in [0, 0.05) is 32.7 Å². The number of hydrogen-bond acceptors (Lipinski definition) is 7. The third-order valence-corrected chi connectivity index (χ3v) is 7.10. The van der Waals surface area contributed by atoms with Crippen LogP contribution in [0.5, 0.6) is 0 Å². The normalized spacial score (nSPS) is 13.8. The van der Waals surface area contributed by atoms with Crippen LogP contribution in [0.4, 0.5) is 0 Å². The van der Waals surface area contributed by atoms with Crippen LogP contribution in [0, 0.1) is 0 Å². The van der Waals surface area contributed by atoms with Crippen molar-refractivity contribution in [1.82, 2.24) is 9.80 Å². The van der Waals surface area contributed by atoms with Crippen LogP contribution in [0.15, 0.2) is 103 Å². The molecule has 0 radical (unpaired) electrons. The number of allylic oxidation sites excluding steroid dienone is 1. The zero-order valence-corrected chi connectivity index (χ0v) is 24.6. The van der Waals surface area contributed by atoms with Gasteiger partial charge in [-0.05, 0) is 29.3 Å². The molecule has 1 heterocycles. The smallest absolute Gasteiger partial charge is 0.336 e. The molecule has 1 aliphatic rings. The first-order valence-corrected chi connectivity index (χ1v) is 14.4. The van der Waals surface area contributed by atoms with Gasteiger partial charge in [0.2, 0.25) is 0 Å². The summed E-state index contributed by atoms with van der Waals surface area (Å²) in [6.45, 7) is 6.02. The summed E-state index contributed by atoms with van der Waals surface area (Å²) in [5.74, 6) is -5.02. The van der Waals surface area contributed by atoms with E-state index < -0.39 is 36.4 Å². The molecule has 3 aromatic carbocycles. The van der Waals surface area contributed by atoms with Gasteiger partial charge in [-0.3, -0.25) is 14.5 Å². The number of nitrogens with zero attached hydrogens (tertiary/aromatic N) is 2. The number of hydrogen-bond donors (Lipinski definition) is 4. The van der Waals surface area contributed by atoms with E-state index in [2.05, 4.69) is 113 Å². The van der Waals surface area contributed by atoms with Gasteiger partial charge in [-0.1, -0.05) is 97.1 Å². The summed E-state index contributed by atoms with van der Waals surface area (Å²) < 4.78 is 6.39. The molecule has 234 valence electrons. The van der Waals surface area contributed by atoms with Crippen molar-refractivity contribution in [2.24, 2.45) is 0 Å². The lowest BCUT2D eigenvalue weighted by Gasteiger charge is -2.34. The molecule has 1 saturated heterocycles. The Morgan fingerprint density at radius 2 is 1.23 bits per heavy atom. The summed E-state index contributed by atoms with van der Waals surface area (Å²) in [6.07, 6.45) is 3.24. The highest BCUT2D eigenvalue weighted by Gasteiger charge is 2.40. The molecule has 0 atom stereocenters. The average Bonchev–Trinajstić information content (AvgIpc) is 3.01. The van der Waals surface area contributed by atoms with Crippen LogP contribution < -0.4 is 0 Å². The minimum absolute atomic E-state index is 0.00962. The van der Waals surface area contributed by atoms with Gasteiger partial charge in [0.1, 0.15) is 6.10 Å². The molecule has 0 unspecified atom stereocenters. The van der Waals surface area contributed by atoms with Gasteiger partial charge in [-0.2, -0.15) is 0 Å². The van der Waals surface area contributed by atoms with Crippen LogP contribution >= 0.6 is 0 Å². The van der Waals surface area contributed by atoms with E-state index >= 15 is 0 Å². The minimum atomic E-state index is -2.74. The second kappa shape index (κ2) is 17.6. The van der Waals surface area contributed by atoms with E-state index in [4.69, 9.17) is 25.2 Å². The highest BCUT2D eigenvalue weighted by atomic mass is 16.5. The van der Waals surface area contributed by atoms with Gasteiger partial charge in [-0.25, -0.2) is 4.79 Å². The van der Waals surface area contributed by atoms with Crippen molar-refractivity contribution in [3.05, 3.63) is 120 Å². The largest absolute Gasteiger partial charge is 0.481 e. The fraction of sp³-hybridized carbons (Fsp3) is 0.324. The molecule has 10 nitrogen and oxygen atoms in total. The molecule has 0 bridgehead atoms. The zero-order chi connectivity index (χ0) is 31.8. The summed E-state index contributed by atoms with van der Waals surface area (Å²) in [5.41, 5.74) is 1.04. The topological polar surface area (TPSA) is 148 Å². The molecular weight excluding hydrogens is 564 g/mol. The van der Waals surface area contributed by atoms with Crippen molar-refractivity contribution in [2.45, 2.75) is 31.0 Å². The first kappa shape index (κ1) is 34.0. The Bertz CT molecular complexity index is 1270. The number of piperazine rings is 1. The van der Waals surface area contributed by atoms with Crippen molar-refractivity contribution in [3.8, 4) is 0 Å². The van der Waals surface area contributed by atoms with Crippen LogP contribution in [-0.2, 0) is 25.5 Å². The fourth-order valence-electron chi connectivity index (χ4n) is 4.74. The molecular formula is C34H40N2O8. The first-order chi connectivity index (χ1) is 21.2. The molecule has 1 aliphatic heterocycles. The number of carboxylic acids is 3. The Balaban J connectivity index is 0.000000345. The van der Waals surface area contributed by atoms with E-state index in [-0.39, 0.29) is 6.10 Å². The zero-order valence-electron chi connectivity index (χ0n) is 24.6. The third-order valence-electron chi connectivity index (χ3n) is 7.10. The van der Waals surface area contributed by atoms with Crippen LogP contribution in [0.2, 0.25) is 0 Å². The van der Waals surface area contributed by atoms with Gasteiger partial charge in [-0.15, -0.1) is 0 Å². The molecule has 10 heteroatoms. The highest BCUT2D eigenvalue weighted by molar-refractivity contribution is 5.88. The van der Waals surface area contributed by atoms with Gasteiger partial charge in [0.25, 0.3) is 0 Å². The number of carbonyl (C=O) groups is 3. The fourth-order valence-corrected chi connectivity index (χ4v) is 4.74. The lowest BCUT2D eigenvalue weighted by atomic mass is 9.96. The van der Waals surface area contributed by atoms with Gasteiger partial charge >= 0.3 is 17.9 Å². The average molecular weight is 605 g/mol. The molecule has 0 amide bonds. The third kappa shape index (κ3) is 11.6. The van der Waals surface area contributed by atoms with Crippen LogP contribution in [0.3, 0.4) is 0 Å².